The lowest BCUT2D eigenvalue weighted by atomic mass is 10.1. The quantitative estimate of drug-likeness (QED) is 0.549. The number of aryl methyl sites for hydroxylation is 1. The van der Waals surface area contributed by atoms with Crippen molar-refractivity contribution in [3.63, 3.8) is 0 Å². The average Bonchev–Trinajstić information content (AvgIpc) is 3.02. The summed E-state index contributed by atoms with van der Waals surface area (Å²) in [5.41, 5.74) is 4.96. The molecule has 0 spiro atoms. The highest BCUT2D eigenvalue weighted by Gasteiger charge is 2.15. The topological polar surface area (TPSA) is 43.1 Å². The van der Waals surface area contributed by atoms with Crippen LogP contribution in [0.15, 0.2) is 61.1 Å². The first-order valence-corrected chi connectivity index (χ1v) is 7.62. The predicted molar refractivity (Wildman–Crippen MR) is 91.4 cm³/mol. The molecule has 0 aliphatic heterocycles. The van der Waals surface area contributed by atoms with E-state index >= 15 is 0 Å². The van der Waals surface area contributed by atoms with E-state index in [1.807, 2.05) is 54.0 Å². The molecule has 0 radical (unpaired) electrons. The van der Waals surface area contributed by atoms with Crippen LogP contribution >= 0.6 is 11.6 Å². The maximum absolute atomic E-state index is 6.33. The van der Waals surface area contributed by atoms with Gasteiger partial charge in [-0.15, -0.1) is 10.2 Å². The lowest BCUT2D eigenvalue weighted by molar-refractivity contribution is 0.961. The number of rotatable bonds is 2. The maximum atomic E-state index is 6.33. The van der Waals surface area contributed by atoms with E-state index in [0.717, 1.165) is 33.6 Å². The van der Waals surface area contributed by atoms with E-state index in [9.17, 15) is 0 Å². The van der Waals surface area contributed by atoms with Crippen molar-refractivity contribution in [3.8, 4) is 22.5 Å². The number of hydrogen-bond donors (Lipinski definition) is 0. The Bertz CT molecular complexity index is 993. The van der Waals surface area contributed by atoms with Gasteiger partial charge in [0, 0.05) is 29.7 Å². The molecule has 5 heteroatoms. The molecule has 3 heterocycles. The standard InChI is InChI=1S/C18H13ClN4/c1-12-9-14(11-20-10-12)18-22-21-17(19)16-15(7-8-23(16)18)13-5-3-2-4-6-13/h2-11H,1H3. The highest BCUT2D eigenvalue weighted by Crippen LogP contribution is 2.32. The highest BCUT2D eigenvalue weighted by molar-refractivity contribution is 6.33. The van der Waals surface area contributed by atoms with Gasteiger partial charge in [-0.25, -0.2) is 0 Å². The molecule has 0 amide bonds. The van der Waals surface area contributed by atoms with Crippen molar-refractivity contribution in [2.45, 2.75) is 6.92 Å². The number of halogens is 1. The second-order valence-corrected chi connectivity index (χ2v) is 5.74. The zero-order valence-corrected chi connectivity index (χ0v) is 13.2. The first kappa shape index (κ1) is 13.9. The summed E-state index contributed by atoms with van der Waals surface area (Å²) >= 11 is 6.33. The van der Waals surface area contributed by atoms with E-state index in [0.29, 0.717) is 5.15 Å². The first-order chi connectivity index (χ1) is 11.2. The molecule has 0 saturated carbocycles. The van der Waals surface area contributed by atoms with Crippen LogP contribution in [-0.2, 0) is 0 Å². The van der Waals surface area contributed by atoms with Crippen LogP contribution in [-0.4, -0.2) is 19.6 Å². The van der Waals surface area contributed by atoms with Gasteiger partial charge in [0.15, 0.2) is 11.0 Å². The van der Waals surface area contributed by atoms with E-state index in [1.54, 1.807) is 6.20 Å². The molecule has 0 aliphatic rings. The summed E-state index contributed by atoms with van der Waals surface area (Å²) in [7, 11) is 0. The monoisotopic (exact) mass is 320 g/mol. The minimum Gasteiger partial charge on any atom is -0.296 e. The molecular formula is C18H13ClN4. The molecule has 4 aromatic rings. The third-order valence-corrected chi connectivity index (χ3v) is 4.01. The van der Waals surface area contributed by atoms with E-state index in [1.165, 1.54) is 0 Å². The molecule has 0 N–H and O–H groups in total. The van der Waals surface area contributed by atoms with Crippen LogP contribution in [0.5, 0.6) is 0 Å². The third kappa shape index (κ3) is 2.37. The zero-order valence-electron chi connectivity index (χ0n) is 12.4. The average molecular weight is 321 g/mol. The summed E-state index contributed by atoms with van der Waals surface area (Å²) in [6.07, 6.45) is 5.57. The van der Waals surface area contributed by atoms with Gasteiger partial charge in [-0.1, -0.05) is 41.9 Å². The summed E-state index contributed by atoms with van der Waals surface area (Å²) in [5.74, 6) is 0.725. The van der Waals surface area contributed by atoms with Gasteiger partial charge in [-0.05, 0) is 30.2 Å². The Morgan fingerprint density at radius 3 is 2.57 bits per heavy atom. The molecule has 1 aromatic carbocycles. The van der Waals surface area contributed by atoms with Gasteiger partial charge in [0.05, 0.1) is 5.52 Å². The molecule has 0 unspecified atom stereocenters. The van der Waals surface area contributed by atoms with Crippen LogP contribution in [0.2, 0.25) is 5.15 Å². The molecule has 112 valence electrons. The maximum Gasteiger partial charge on any atom is 0.176 e. The summed E-state index contributed by atoms with van der Waals surface area (Å²) in [6.45, 7) is 2.00. The minimum atomic E-state index is 0.387. The molecule has 4 rings (SSSR count). The Morgan fingerprint density at radius 1 is 0.957 bits per heavy atom. The van der Waals surface area contributed by atoms with Gasteiger partial charge in [0.1, 0.15) is 0 Å². The SMILES string of the molecule is Cc1cncc(-c2nnc(Cl)c3c(-c4ccccc4)ccn23)c1. The molecule has 0 aliphatic carbocycles. The van der Waals surface area contributed by atoms with E-state index in [2.05, 4.69) is 27.3 Å². The molecule has 4 nitrogen and oxygen atoms in total. The molecule has 3 aromatic heterocycles. The van der Waals surface area contributed by atoms with Crippen molar-refractivity contribution in [1.29, 1.82) is 0 Å². The van der Waals surface area contributed by atoms with Crippen molar-refractivity contribution in [2.24, 2.45) is 0 Å². The highest BCUT2D eigenvalue weighted by atomic mass is 35.5. The van der Waals surface area contributed by atoms with Crippen LogP contribution in [0.1, 0.15) is 5.56 Å². The van der Waals surface area contributed by atoms with Crippen molar-refractivity contribution in [3.05, 3.63) is 71.8 Å². The smallest absolute Gasteiger partial charge is 0.176 e. The van der Waals surface area contributed by atoms with Crippen LogP contribution in [0.3, 0.4) is 0 Å². The van der Waals surface area contributed by atoms with Crippen LogP contribution in [0.4, 0.5) is 0 Å². The van der Waals surface area contributed by atoms with Gasteiger partial charge in [-0.2, -0.15) is 0 Å². The Hall–Kier alpha value is -2.72. The van der Waals surface area contributed by atoms with Gasteiger partial charge >= 0.3 is 0 Å². The molecule has 0 saturated heterocycles. The van der Waals surface area contributed by atoms with Gasteiger partial charge in [-0.3, -0.25) is 9.38 Å². The number of hydrogen-bond acceptors (Lipinski definition) is 3. The number of fused-ring (bicyclic) bond motifs is 1. The number of aromatic nitrogens is 4. The van der Waals surface area contributed by atoms with Crippen LogP contribution in [0.25, 0.3) is 28.0 Å². The zero-order chi connectivity index (χ0) is 15.8. The largest absolute Gasteiger partial charge is 0.296 e. The Morgan fingerprint density at radius 2 is 1.78 bits per heavy atom. The van der Waals surface area contributed by atoms with Crippen molar-refractivity contribution in [2.75, 3.05) is 0 Å². The number of nitrogens with zero attached hydrogens (tertiary/aromatic N) is 4. The van der Waals surface area contributed by atoms with E-state index in [-0.39, 0.29) is 0 Å². The fourth-order valence-electron chi connectivity index (χ4n) is 2.73. The Balaban J connectivity index is 2.00. The number of pyridine rings is 1. The molecular weight excluding hydrogens is 308 g/mol. The normalized spacial score (nSPS) is 11.0. The summed E-state index contributed by atoms with van der Waals surface area (Å²) in [4.78, 5) is 4.24. The van der Waals surface area contributed by atoms with E-state index < -0.39 is 0 Å². The Labute approximate surface area is 138 Å². The van der Waals surface area contributed by atoms with Gasteiger partial charge in [0.2, 0.25) is 0 Å². The lowest BCUT2D eigenvalue weighted by Gasteiger charge is -2.07. The summed E-state index contributed by atoms with van der Waals surface area (Å²) in [6, 6.07) is 14.2. The predicted octanol–water partition coefficient (Wildman–Crippen LogP) is 4.42. The van der Waals surface area contributed by atoms with Gasteiger partial charge in [0.25, 0.3) is 0 Å². The first-order valence-electron chi connectivity index (χ1n) is 7.25. The van der Waals surface area contributed by atoms with Crippen molar-refractivity contribution < 1.29 is 0 Å². The minimum absolute atomic E-state index is 0.387. The Kier molecular flexibility index (Phi) is 3.32. The third-order valence-electron chi connectivity index (χ3n) is 3.76. The summed E-state index contributed by atoms with van der Waals surface area (Å²) in [5, 5.41) is 8.79. The van der Waals surface area contributed by atoms with Gasteiger partial charge < -0.3 is 0 Å². The summed E-state index contributed by atoms with van der Waals surface area (Å²) < 4.78 is 1.97. The number of benzene rings is 1. The molecule has 23 heavy (non-hydrogen) atoms. The second kappa shape index (κ2) is 5.48. The molecule has 0 bridgehead atoms. The fourth-order valence-corrected chi connectivity index (χ4v) is 2.96. The van der Waals surface area contributed by atoms with Crippen LogP contribution in [0, 0.1) is 6.92 Å². The van der Waals surface area contributed by atoms with E-state index in [4.69, 9.17) is 11.6 Å². The van der Waals surface area contributed by atoms with Crippen LogP contribution < -0.4 is 0 Å². The fraction of sp³-hybridized carbons (Fsp3) is 0.0556. The second-order valence-electron chi connectivity index (χ2n) is 5.38. The lowest BCUT2D eigenvalue weighted by Crippen LogP contribution is -1.99. The molecule has 0 atom stereocenters. The van der Waals surface area contributed by atoms with Crippen molar-refractivity contribution in [1.82, 2.24) is 19.6 Å². The van der Waals surface area contributed by atoms with Crippen molar-refractivity contribution >= 4 is 17.1 Å². The molecule has 0 fully saturated rings.